The number of carbonyl (C=O) groups is 2. The van der Waals surface area contributed by atoms with Gasteiger partial charge in [0.2, 0.25) is 5.91 Å². The Morgan fingerprint density at radius 3 is 2.54 bits per heavy atom. The van der Waals surface area contributed by atoms with Gasteiger partial charge in [-0.2, -0.15) is 0 Å². The van der Waals surface area contributed by atoms with Gasteiger partial charge in [0.25, 0.3) is 0 Å². The maximum absolute atomic E-state index is 14.0. The second-order valence-corrected chi connectivity index (χ2v) is 5.25. The van der Waals surface area contributed by atoms with Crippen molar-refractivity contribution in [2.24, 2.45) is 0 Å². The van der Waals surface area contributed by atoms with Crippen molar-refractivity contribution in [3.05, 3.63) is 59.9 Å². The molecule has 1 heterocycles. The summed E-state index contributed by atoms with van der Waals surface area (Å²) >= 11 is 0. The zero-order valence-corrected chi connectivity index (χ0v) is 12.7. The average Bonchev–Trinajstić information content (AvgIpc) is 2.53. The quantitative estimate of drug-likeness (QED) is 0.770. The first-order valence-electron chi connectivity index (χ1n) is 7.16. The molecule has 0 spiro atoms. The van der Waals surface area contributed by atoms with Crippen LogP contribution in [0.1, 0.15) is 17.3 Å². The monoisotopic (exact) mass is 324 g/mol. The molecule has 2 aromatic carbocycles. The number of halogens is 1. The van der Waals surface area contributed by atoms with Gasteiger partial charge in [-0.15, -0.1) is 0 Å². The second kappa shape index (κ2) is 6.08. The summed E-state index contributed by atoms with van der Waals surface area (Å²) < 4.78 is 14.0. The zero-order chi connectivity index (χ0) is 17.3. The highest BCUT2D eigenvalue weighted by Crippen LogP contribution is 2.28. The maximum Gasteiger partial charge on any atom is 0.336 e. The van der Waals surface area contributed by atoms with Crippen LogP contribution in [-0.2, 0) is 4.79 Å². The van der Waals surface area contributed by atoms with Gasteiger partial charge in [0, 0.05) is 23.6 Å². The molecule has 3 rings (SSSR count). The predicted molar refractivity (Wildman–Crippen MR) is 88.4 cm³/mol. The van der Waals surface area contributed by atoms with Crippen LogP contribution in [-0.4, -0.2) is 22.0 Å². The van der Waals surface area contributed by atoms with Crippen molar-refractivity contribution in [1.82, 2.24) is 4.98 Å². The molecule has 0 radical (unpaired) electrons. The molecule has 0 aliphatic heterocycles. The lowest BCUT2D eigenvalue weighted by atomic mass is 10.0. The van der Waals surface area contributed by atoms with Crippen molar-refractivity contribution in [2.45, 2.75) is 6.92 Å². The molecule has 0 atom stereocenters. The Hall–Kier alpha value is -3.28. The number of aromatic nitrogens is 1. The molecule has 24 heavy (non-hydrogen) atoms. The van der Waals surface area contributed by atoms with E-state index in [0.717, 1.165) is 0 Å². The summed E-state index contributed by atoms with van der Waals surface area (Å²) in [6.45, 7) is 1.37. The normalized spacial score (nSPS) is 10.6. The molecule has 3 aromatic rings. The van der Waals surface area contributed by atoms with Crippen molar-refractivity contribution < 1.29 is 19.1 Å². The highest BCUT2D eigenvalue weighted by atomic mass is 19.1. The summed E-state index contributed by atoms with van der Waals surface area (Å²) in [6.07, 6.45) is 0. The third-order valence-electron chi connectivity index (χ3n) is 3.51. The van der Waals surface area contributed by atoms with Gasteiger partial charge in [-0.1, -0.05) is 12.1 Å². The average molecular weight is 324 g/mol. The number of carbonyl (C=O) groups excluding carboxylic acids is 1. The number of hydrogen-bond donors (Lipinski definition) is 2. The van der Waals surface area contributed by atoms with Crippen molar-refractivity contribution in [2.75, 3.05) is 5.32 Å². The highest BCUT2D eigenvalue weighted by molar-refractivity contribution is 6.05. The van der Waals surface area contributed by atoms with Crippen LogP contribution in [0.4, 0.5) is 10.1 Å². The molecular formula is C18H13FN2O3. The number of benzene rings is 2. The maximum atomic E-state index is 14.0. The van der Waals surface area contributed by atoms with E-state index in [1.54, 1.807) is 30.3 Å². The number of pyridine rings is 1. The van der Waals surface area contributed by atoms with Crippen LogP contribution in [0.2, 0.25) is 0 Å². The topological polar surface area (TPSA) is 79.3 Å². The number of hydrogen-bond acceptors (Lipinski definition) is 3. The summed E-state index contributed by atoms with van der Waals surface area (Å²) in [4.78, 5) is 27.1. The van der Waals surface area contributed by atoms with E-state index in [2.05, 4.69) is 10.3 Å². The lowest BCUT2D eigenvalue weighted by molar-refractivity contribution is -0.114. The first kappa shape index (κ1) is 15.6. The number of amides is 1. The molecule has 0 saturated carbocycles. The number of fused-ring (bicyclic) bond motifs is 1. The Kier molecular flexibility index (Phi) is 3.95. The van der Waals surface area contributed by atoms with Gasteiger partial charge >= 0.3 is 5.97 Å². The molecule has 0 saturated heterocycles. The van der Waals surface area contributed by atoms with Crippen LogP contribution in [0.3, 0.4) is 0 Å². The minimum atomic E-state index is -1.13. The first-order valence-corrected chi connectivity index (χ1v) is 7.16. The Labute approximate surface area is 136 Å². The van der Waals surface area contributed by atoms with Gasteiger partial charge in [-0.05, 0) is 36.4 Å². The Balaban J connectivity index is 2.26. The number of carboxylic acids is 1. The number of nitrogens with one attached hydrogen (secondary N) is 1. The number of carboxylic acid groups (broad SMARTS) is 1. The van der Waals surface area contributed by atoms with Crippen molar-refractivity contribution in [3.8, 4) is 11.3 Å². The molecule has 0 fully saturated rings. The zero-order valence-electron chi connectivity index (χ0n) is 12.7. The number of anilines is 1. The van der Waals surface area contributed by atoms with Crippen LogP contribution in [0, 0.1) is 5.82 Å². The van der Waals surface area contributed by atoms with Crippen molar-refractivity contribution in [1.29, 1.82) is 0 Å². The van der Waals surface area contributed by atoms with Crippen LogP contribution in [0.25, 0.3) is 22.2 Å². The summed E-state index contributed by atoms with van der Waals surface area (Å²) in [5, 5.41) is 12.5. The van der Waals surface area contributed by atoms with E-state index < -0.39 is 11.8 Å². The lowest BCUT2D eigenvalue weighted by Gasteiger charge is -2.09. The third-order valence-corrected chi connectivity index (χ3v) is 3.51. The summed E-state index contributed by atoms with van der Waals surface area (Å²) in [6, 6.07) is 12.1. The van der Waals surface area contributed by atoms with Gasteiger partial charge in [-0.25, -0.2) is 14.2 Å². The van der Waals surface area contributed by atoms with E-state index in [4.69, 9.17) is 0 Å². The predicted octanol–water partition coefficient (Wildman–Crippen LogP) is 3.70. The smallest absolute Gasteiger partial charge is 0.336 e. The molecule has 0 aliphatic carbocycles. The van der Waals surface area contributed by atoms with Gasteiger partial charge < -0.3 is 10.4 Å². The van der Waals surface area contributed by atoms with E-state index >= 15 is 0 Å². The van der Waals surface area contributed by atoms with E-state index in [1.165, 1.54) is 25.1 Å². The van der Waals surface area contributed by atoms with E-state index in [9.17, 15) is 19.1 Å². The largest absolute Gasteiger partial charge is 0.478 e. The molecule has 1 amide bonds. The Morgan fingerprint density at radius 1 is 1.12 bits per heavy atom. The molecule has 0 aliphatic rings. The standard InChI is InChI=1S/C18H13FN2O3/c1-10(22)20-11-6-7-12-14(18(23)24)9-17(21-16(12)8-11)13-4-2-3-5-15(13)19/h2-9H,1H3,(H,20,22)(H,23,24). The number of nitrogens with zero attached hydrogens (tertiary/aromatic N) is 1. The molecule has 120 valence electrons. The minimum absolute atomic E-state index is 0.0210. The van der Waals surface area contributed by atoms with Gasteiger partial charge in [0.15, 0.2) is 0 Å². The van der Waals surface area contributed by atoms with Crippen LogP contribution >= 0.6 is 0 Å². The Morgan fingerprint density at radius 2 is 1.88 bits per heavy atom. The van der Waals surface area contributed by atoms with Crippen molar-refractivity contribution >= 4 is 28.5 Å². The van der Waals surface area contributed by atoms with E-state index in [0.29, 0.717) is 16.6 Å². The summed E-state index contributed by atoms with van der Waals surface area (Å²) in [5.41, 5.74) is 1.31. The third kappa shape index (κ3) is 2.94. The van der Waals surface area contributed by atoms with Gasteiger partial charge in [0.05, 0.1) is 16.8 Å². The minimum Gasteiger partial charge on any atom is -0.478 e. The second-order valence-electron chi connectivity index (χ2n) is 5.25. The molecular weight excluding hydrogens is 311 g/mol. The molecule has 0 unspecified atom stereocenters. The first-order chi connectivity index (χ1) is 11.5. The molecule has 2 N–H and O–H groups in total. The molecule has 6 heteroatoms. The number of rotatable bonds is 3. The van der Waals surface area contributed by atoms with Crippen LogP contribution in [0.15, 0.2) is 48.5 Å². The fourth-order valence-electron chi connectivity index (χ4n) is 2.49. The molecule has 0 bridgehead atoms. The van der Waals surface area contributed by atoms with Crippen molar-refractivity contribution in [3.63, 3.8) is 0 Å². The van der Waals surface area contributed by atoms with E-state index in [1.807, 2.05) is 0 Å². The highest BCUT2D eigenvalue weighted by Gasteiger charge is 2.15. The van der Waals surface area contributed by atoms with Gasteiger partial charge in [-0.3, -0.25) is 4.79 Å². The SMILES string of the molecule is CC(=O)Nc1ccc2c(C(=O)O)cc(-c3ccccc3F)nc2c1. The molecule has 1 aromatic heterocycles. The summed E-state index contributed by atoms with van der Waals surface area (Å²) in [7, 11) is 0. The van der Waals surface area contributed by atoms with Crippen LogP contribution in [0.5, 0.6) is 0 Å². The fraction of sp³-hybridized carbons (Fsp3) is 0.0556. The van der Waals surface area contributed by atoms with E-state index in [-0.39, 0.29) is 22.7 Å². The number of aromatic carboxylic acids is 1. The summed E-state index contributed by atoms with van der Waals surface area (Å²) in [5.74, 6) is -1.87. The van der Waals surface area contributed by atoms with Crippen LogP contribution < -0.4 is 5.32 Å². The van der Waals surface area contributed by atoms with Gasteiger partial charge in [0.1, 0.15) is 5.82 Å². The lowest BCUT2D eigenvalue weighted by Crippen LogP contribution is -2.06. The fourth-order valence-corrected chi connectivity index (χ4v) is 2.49. The Bertz CT molecular complexity index is 970. The molecule has 5 nitrogen and oxygen atoms in total.